The highest BCUT2D eigenvalue weighted by Crippen LogP contribution is 2.30. The Morgan fingerprint density at radius 3 is 2.14 bits per heavy atom. The second kappa shape index (κ2) is 9.44. The second-order valence-corrected chi connectivity index (χ2v) is 7.12. The average molecular weight is 394 g/mol. The van der Waals surface area contributed by atoms with Gasteiger partial charge in [-0.15, -0.1) is 0 Å². The molecule has 0 saturated carbocycles. The van der Waals surface area contributed by atoms with E-state index in [-0.39, 0.29) is 5.92 Å². The first kappa shape index (κ1) is 20.0. The molecular formula is C23H23NO3S. The average Bonchev–Trinajstić information content (AvgIpc) is 2.77. The summed E-state index contributed by atoms with van der Waals surface area (Å²) in [7, 11) is 1.61. The lowest BCUT2D eigenvalue weighted by Gasteiger charge is -2.23. The van der Waals surface area contributed by atoms with Crippen LogP contribution in [0.5, 0.6) is 5.75 Å². The van der Waals surface area contributed by atoms with E-state index in [0.717, 1.165) is 28.0 Å². The van der Waals surface area contributed by atoms with E-state index in [1.165, 1.54) is 0 Å². The smallest absolute Gasteiger partial charge is 0.256 e. The number of hydrogen-bond acceptors (Lipinski definition) is 4. The summed E-state index contributed by atoms with van der Waals surface area (Å²) in [6.45, 7) is 0. The van der Waals surface area contributed by atoms with Crippen molar-refractivity contribution in [2.24, 2.45) is 0 Å². The first-order valence-corrected chi connectivity index (χ1v) is 9.54. The van der Waals surface area contributed by atoms with Gasteiger partial charge in [-0.05, 0) is 40.8 Å². The number of carbonyl (C=O) groups excluding carboxylic acids is 1. The number of methoxy groups -OCH3 is 1. The van der Waals surface area contributed by atoms with Crippen molar-refractivity contribution in [1.29, 1.82) is 0 Å². The third-order valence-corrected chi connectivity index (χ3v) is 5.41. The SMILES string of the molecule is COc1ccc(C(Cc2ccc(-c3ccccc3)cc2)C(S)C(=O)NO)cc1. The molecule has 3 aromatic rings. The predicted octanol–water partition coefficient (Wildman–Crippen LogP) is 4.49. The van der Waals surface area contributed by atoms with E-state index in [9.17, 15) is 4.79 Å². The fourth-order valence-electron chi connectivity index (χ4n) is 3.23. The minimum atomic E-state index is -0.688. The van der Waals surface area contributed by atoms with Crippen molar-refractivity contribution < 1.29 is 14.7 Å². The predicted molar refractivity (Wildman–Crippen MR) is 114 cm³/mol. The highest BCUT2D eigenvalue weighted by molar-refractivity contribution is 7.81. The monoisotopic (exact) mass is 393 g/mol. The standard InChI is InChI=1S/C23H23NO3S/c1-27-20-13-11-19(12-14-20)21(22(28)23(25)24-26)15-16-7-9-18(10-8-16)17-5-3-2-4-6-17/h2-14,21-22,26,28H,15H2,1H3,(H,24,25). The molecule has 1 amide bonds. The lowest BCUT2D eigenvalue weighted by Crippen LogP contribution is -2.34. The maximum Gasteiger partial charge on any atom is 0.256 e. The topological polar surface area (TPSA) is 58.6 Å². The molecule has 2 N–H and O–H groups in total. The minimum Gasteiger partial charge on any atom is -0.497 e. The molecular weight excluding hydrogens is 370 g/mol. The van der Waals surface area contributed by atoms with E-state index in [2.05, 4.69) is 49.0 Å². The molecule has 3 aromatic carbocycles. The van der Waals surface area contributed by atoms with E-state index in [1.54, 1.807) is 12.6 Å². The summed E-state index contributed by atoms with van der Waals surface area (Å²) < 4.78 is 5.21. The van der Waals surface area contributed by atoms with Gasteiger partial charge in [0.25, 0.3) is 5.91 Å². The summed E-state index contributed by atoms with van der Waals surface area (Å²) >= 11 is 4.46. The van der Waals surface area contributed by atoms with Crippen LogP contribution in [0.15, 0.2) is 78.9 Å². The summed E-state index contributed by atoms with van der Waals surface area (Å²) in [6.07, 6.45) is 0.614. The van der Waals surface area contributed by atoms with Crippen molar-refractivity contribution in [3.8, 4) is 16.9 Å². The summed E-state index contributed by atoms with van der Waals surface area (Å²) in [4.78, 5) is 12.0. The van der Waals surface area contributed by atoms with Gasteiger partial charge in [0.05, 0.1) is 12.4 Å². The maximum absolute atomic E-state index is 12.0. The van der Waals surface area contributed by atoms with E-state index in [4.69, 9.17) is 9.94 Å². The fraction of sp³-hybridized carbons (Fsp3) is 0.174. The highest BCUT2D eigenvalue weighted by Gasteiger charge is 2.26. The van der Waals surface area contributed by atoms with Gasteiger partial charge < -0.3 is 4.74 Å². The van der Waals surface area contributed by atoms with Gasteiger partial charge in [-0.2, -0.15) is 12.6 Å². The molecule has 0 aliphatic rings. The molecule has 0 aromatic heterocycles. The Hall–Kier alpha value is -2.76. The number of carbonyl (C=O) groups is 1. The zero-order chi connectivity index (χ0) is 19.9. The Labute approximate surface area is 170 Å². The third-order valence-electron chi connectivity index (χ3n) is 4.82. The summed E-state index contributed by atoms with van der Waals surface area (Å²) in [5, 5.41) is 8.36. The fourth-order valence-corrected chi connectivity index (χ4v) is 3.56. The van der Waals surface area contributed by atoms with E-state index < -0.39 is 11.2 Å². The Kier molecular flexibility index (Phi) is 6.74. The summed E-state index contributed by atoms with van der Waals surface area (Å²) in [6, 6.07) is 26.0. The number of benzene rings is 3. The molecule has 0 aliphatic heterocycles. The molecule has 0 spiro atoms. The van der Waals surface area contributed by atoms with Crippen molar-refractivity contribution in [2.75, 3.05) is 7.11 Å². The number of amides is 1. The number of rotatable bonds is 7. The first-order chi connectivity index (χ1) is 13.6. The van der Waals surface area contributed by atoms with Crippen LogP contribution in [0, 0.1) is 0 Å². The van der Waals surface area contributed by atoms with Crippen LogP contribution in [0.1, 0.15) is 17.0 Å². The lowest BCUT2D eigenvalue weighted by molar-refractivity contribution is -0.129. The molecule has 28 heavy (non-hydrogen) atoms. The van der Waals surface area contributed by atoms with Crippen LogP contribution >= 0.6 is 12.6 Å². The van der Waals surface area contributed by atoms with Crippen LogP contribution in [0.3, 0.4) is 0 Å². The number of hydroxylamine groups is 1. The van der Waals surface area contributed by atoms with Crippen molar-refractivity contribution in [2.45, 2.75) is 17.6 Å². The number of ether oxygens (including phenoxy) is 1. The minimum absolute atomic E-state index is 0.205. The maximum atomic E-state index is 12.0. The highest BCUT2D eigenvalue weighted by atomic mass is 32.1. The molecule has 2 unspecified atom stereocenters. The van der Waals surface area contributed by atoms with Crippen molar-refractivity contribution in [3.63, 3.8) is 0 Å². The van der Waals surface area contributed by atoms with Gasteiger partial charge >= 0.3 is 0 Å². The molecule has 0 aliphatic carbocycles. The van der Waals surface area contributed by atoms with Crippen LogP contribution in [0.25, 0.3) is 11.1 Å². The summed E-state index contributed by atoms with van der Waals surface area (Å²) in [5.74, 6) is 0.0195. The third kappa shape index (κ3) is 4.74. The summed E-state index contributed by atoms with van der Waals surface area (Å²) in [5.41, 5.74) is 6.06. The Balaban J connectivity index is 1.85. The van der Waals surface area contributed by atoms with E-state index in [1.807, 2.05) is 42.5 Å². The Morgan fingerprint density at radius 2 is 1.57 bits per heavy atom. The largest absolute Gasteiger partial charge is 0.497 e. The number of thiol groups is 1. The molecule has 0 fully saturated rings. The van der Waals surface area contributed by atoms with Gasteiger partial charge in [0.15, 0.2) is 0 Å². The zero-order valence-corrected chi connectivity index (χ0v) is 16.5. The van der Waals surface area contributed by atoms with Crippen molar-refractivity contribution >= 4 is 18.5 Å². The zero-order valence-electron chi connectivity index (χ0n) is 15.6. The van der Waals surface area contributed by atoms with Gasteiger partial charge in [0, 0.05) is 5.92 Å². The molecule has 3 rings (SSSR count). The van der Waals surface area contributed by atoms with Gasteiger partial charge in [0.1, 0.15) is 5.75 Å². The molecule has 4 nitrogen and oxygen atoms in total. The van der Waals surface area contributed by atoms with Gasteiger partial charge in [0.2, 0.25) is 0 Å². The Bertz CT molecular complexity index is 895. The quantitative estimate of drug-likeness (QED) is 0.315. The Morgan fingerprint density at radius 1 is 0.964 bits per heavy atom. The number of nitrogens with one attached hydrogen (secondary N) is 1. The van der Waals surface area contributed by atoms with Gasteiger partial charge in [-0.3, -0.25) is 10.0 Å². The molecule has 2 atom stereocenters. The molecule has 0 bridgehead atoms. The van der Waals surface area contributed by atoms with E-state index in [0.29, 0.717) is 6.42 Å². The van der Waals surface area contributed by atoms with Crippen molar-refractivity contribution in [1.82, 2.24) is 5.48 Å². The van der Waals surface area contributed by atoms with Crippen LogP contribution in [0.2, 0.25) is 0 Å². The molecule has 0 heterocycles. The van der Waals surface area contributed by atoms with E-state index >= 15 is 0 Å². The number of hydrogen-bond donors (Lipinski definition) is 3. The van der Waals surface area contributed by atoms with Crippen molar-refractivity contribution in [3.05, 3.63) is 90.0 Å². The van der Waals surface area contributed by atoms with Crippen LogP contribution < -0.4 is 10.2 Å². The van der Waals surface area contributed by atoms with Crippen LogP contribution in [0.4, 0.5) is 0 Å². The van der Waals surface area contributed by atoms with Crippen LogP contribution in [-0.4, -0.2) is 23.5 Å². The normalized spacial score (nSPS) is 12.8. The lowest BCUT2D eigenvalue weighted by atomic mass is 9.88. The molecule has 0 saturated heterocycles. The van der Waals surface area contributed by atoms with Gasteiger partial charge in [-0.1, -0.05) is 66.7 Å². The van der Waals surface area contributed by atoms with Gasteiger partial charge in [-0.25, -0.2) is 5.48 Å². The molecule has 0 radical (unpaired) electrons. The first-order valence-electron chi connectivity index (χ1n) is 9.02. The van der Waals surface area contributed by atoms with Crippen LogP contribution in [-0.2, 0) is 11.2 Å². The molecule has 144 valence electrons. The molecule has 5 heteroatoms. The second-order valence-electron chi connectivity index (χ2n) is 6.57.